The quantitative estimate of drug-likeness (QED) is 0.661. The van der Waals surface area contributed by atoms with Crippen molar-refractivity contribution in [2.75, 3.05) is 7.11 Å². The van der Waals surface area contributed by atoms with Crippen LogP contribution in [0.3, 0.4) is 0 Å². The van der Waals surface area contributed by atoms with Crippen LogP contribution in [0.15, 0.2) is 48.8 Å². The number of amides is 1. The van der Waals surface area contributed by atoms with Crippen molar-refractivity contribution < 1.29 is 27.8 Å². The van der Waals surface area contributed by atoms with Crippen molar-refractivity contribution in [3.05, 3.63) is 65.5 Å². The van der Waals surface area contributed by atoms with Crippen LogP contribution < -0.4 is 0 Å². The number of nitrogens with zero attached hydrogens (tertiary/aromatic N) is 2. The van der Waals surface area contributed by atoms with E-state index in [1.807, 2.05) is 23.2 Å². The van der Waals surface area contributed by atoms with Crippen molar-refractivity contribution in [1.29, 1.82) is 0 Å². The minimum Gasteiger partial charge on any atom is -0.376 e. The molecular formula is C25H29F3N2O3. The van der Waals surface area contributed by atoms with Crippen molar-refractivity contribution in [2.45, 2.75) is 74.9 Å². The summed E-state index contributed by atoms with van der Waals surface area (Å²) in [5.74, 6) is -0.174. The first kappa shape index (κ1) is 23.7. The fraction of sp³-hybridized carbons (Fsp3) is 0.520. The zero-order chi connectivity index (χ0) is 23.9. The smallest absolute Gasteiger partial charge is 0.376 e. The van der Waals surface area contributed by atoms with Gasteiger partial charge in [0, 0.05) is 42.7 Å². The van der Waals surface area contributed by atoms with E-state index in [4.69, 9.17) is 4.74 Å². The van der Waals surface area contributed by atoms with E-state index >= 15 is 0 Å². The number of alkyl halides is 3. The Kier molecular flexibility index (Phi) is 6.26. The number of hydrogen-bond acceptors (Lipinski definition) is 4. The lowest BCUT2D eigenvalue weighted by atomic mass is 9.77. The van der Waals surface area contributed by atoms with Crippen LogP contribution in [0.25, 0.3) is 0 Å². The summed E-state index contributed by atoms with van der Waals surface area (Å²) >= 11 is 0. The molecule has 1 heterocycles. The van der Waals surface area contributed by atoms with Gasteiger partial charge in [-0.2, -0.15) is 13.2 Å². The zero-order valence-electron chi connectivity index (χ0n) is 18.8. The molecule has 4 rings (SSSR count). The fourth-order valence-electron chi connectivity index (χ4n) is 4.82. The number of pyridine rings is 1. The number of rotatable bonds is 6. The molecule has 33 heavy (non-hydrogen) atoms. The van der Waals surface area contributed by atoms with Crippen LogP contribution >= 0.6 is 0 Å². The predicted molar refractivity (Wildman–Crippen MR) is 116 cm³/mol. The lowest BCUT2D eigenvalue weighted by Crippen LogP contribution is -2.47. The van der Waals surface area contributed by atoms with Gasteiger partial charge in [-0.05, 0) is 69.2 Å². The Balaban J connectivity index is 1.50. The molecule has 1 aromatic heterocycles. The van der Waals surface area contributed by atoms with Gasteiger partial charge in [0.2, 0.25) is 0 Å². The summed E-state index contributed by atoms with van der Waals surface area (Å²) in [7, 11) is 1.70. The van der Waals surface area contributed by atoms with Crippen molar-refractivity contribution in [1.82, 2.24) is 9.88 Å². The van der Waals surface area contributed by atoms with Crippen molar-refractivity contribution >= 4 is 5.91 Å². The van der Waals surface area contributed by atoms with Crippen LogP contribution in [0, 0.1) is 0 Å². The molecule has 0 bridgehead atoms. The molecule has 2 fully saturated rings. The molecular weight excluding hydrogens is 433 g/mol. The Bertz CT molecular complexity index is 965. The van der Waals surface area contributed by atoms with E-state index in [2.05, 4.69) is 4.98 Å². The number of benzene rings is 1. The maximum atomic E-state index is 13.4. The lowest BCUT2D eigenvalue weighted by Gasteiger charge is -2.43. The topological polar surface area (TPSA) is 62.7 Å². The zero-order valence-corrected chi connectivity index (χ0v) is 18.8. The second kappa shape index (κ2) is 8.72. The highest BCUT2D eigenvalue weighted by Crippen LogP contribution is 2.44. The monoisotopic (exact) mass is 462 g/mol. The largest absolute Gasteiger partial charge is 0.421 e. The van der Waals surface area contributed by atoms with Gasteiger partial charge in [-0.1, -0.05) is 18.2 Å². The highest BCUT2D eigenvalue weighted by Gasteiger charge is 2.51. The summed E-state index contributed by atoms with van der Waals surface area (Å²) < 4.78 is 45.3. The third-order valence-electron chi connectivity index (χ3n) is 7.16. The molecule has 1 aromatic carbocycles. The Hall–Kier alpha value is -2.45. The molecule has 1 N–H and O–H groups in total. The van der Waals surface area contributed by atoms with E-state index in [-0.39, 0.29) is 23.6 Å². The lowest BCUT2D eigenvalue weighted by molar-refractivity contribution is -0.258. The average molecular weight is 463 g/mol. The van der Waals surface area contributed by atoms with E-state index in [9.17, 15) is 23.1 Å². The maximum Gasteiger partial charge on any atom is 0.421 e. The number of methoxy groups -OCH3 is 1. The molecule has 0 aliphatic heterocycles. The van der Waals surface area contributed by atoms with E-state index < -0.39 is 17.4 Å². The van der Waals surface area contributed by atoms with Crippen LogP contribution in [0.2, 0.25) is 0 Å². The van der Waals surface area contributed by atoms with Gasteiger partial charge in [-0.3, -0.25) is 9.78 Å². The Morgan fingerprint density at radius 2 is 1.70 bits per heavy atom. The maximum absolute atomic E-state index is 13.4. The highest BCUT2D eigenvalue weighted by molar-refractivity contribution is 5.95. The van der Waals surface area contributed by atoms with Gasteiger partial charge >= 0.3 is 6.18 Å². The molecule has 0 unspecified atom stereocenters. The highest BCUT2D eigenvalue weighted by atomic mass is 19.4. The molecule has 1 atom stereocenters. The molecule has 8 heteroatoms. The second-order valence-electron chi connectivity index (χ2n) is 9.26. The normalized spacial score (nSPS) is 25.3. The summed E-state index contributed by atoms with van der Waals surface area (Å²) in [6, 6.07) is 9.24. The Labute approximate surface area is 191 Å². The van der Waals surface area contributed by atoms with E-state index in [1.54, 1.807) is 13.3 Å². The van der Waals surface area contributed by atoms with Gasteiger partial charge in [0.15, 0.2) is 5.60 Å². The number of carbonyl (C=O) groups excluding carboxylic acids is 1. The summed E-state index contributed by atoms with van der Waals surface area (Å²) in [4.78, 5) is 19.5. The molecule has 0 spiro atoms. The van der Waals surface area contributed by atoms with Crippen LogP contribution in [0.4, 0.5) is 13.2 Å². The molecule has 178 valence electrons. The van der Waals surface area contributed by atoms with Crippen molar-refractivity contribution in [3.8, 4) is 0 Å². The number of aliphatic hydroxyl groups is 1. The number of halogens is 3. The molecule has 1 amide bonds. The molecule has 2 aromatic rings. The summed E-state index contributed by atoms with van der Waals surface area (Å²) in [6.07, 6.45) is 3.66. The van der Waals surface area contributed by atoms with Crippen LogP contribution in [0.1, 0.15) is 66.9 Å². The van der Waals surface area contributed by atoms with Gasteiger partial charge in [-0.25, -0.2) is 0 Å². The van der Waals surface area contributed by atoms with Crippen LogP contribution in [0.5, 0.6) is 0 Å². The number of aromatic nitrogens is 1. The van der Waals surface area contributed by atoms with Gasteiger partial charge in [0.05, 0.1) is 5.60 Å². The third-order valence-corrected chi connectivity index (χ3v) is 7.16. The summed E-state index contributed by atoms with van der Waals surface area (Å²) in [6.45, 7) is 0.715. The number of hydrogen-bond donors (Lipinski definition) is 1. The molecule has 0 radical (unpaired) electrons. The van der Waals surface area contributed by atoms with Gasteiger partial charge in [0.25, 0.3) is 5.91 Å². The first-order chi connectivity index (χ1) is 15.6. The molecule has 2 aliphatic rings. The summed E-state index contributed by atoms with van der Waals surface area (Å²) in [5.41, 5.74) is -2.32. The molecule has 0 saturated heterocycles. The predicted octanol–water partition coefficient (Wildman–Crippen LogP) is 4.94. The van der Waals surface area contributed by atoms with Crippen LogP contribution in [-0.4, -0.2) is 46.3 Å². The Morgan fingerprint density at radius 1 is 1.09 bits per heavy atom. The first-order valence-electron chi connectivity index (χ1n) is 11.3. The van der Waals surface area contributed by atoms with E-state index in [0.717, 1.165) is 44.1 Å². The van der Waals surface area contributed by atoms with Gasteiger partial charge in [0.1, 0.15) is 0 Å². The van der Waals surface area contributed by atoms with Crippen molar-refractivity contribution in [2.24, 2.45) is 0 Å². The van der Waals surface area contributed by atoms with Gasteiger partial charge < -0.3 is 14.7 Å². The standard InChI is InChI=1S/C25H29F3N2O3/c1-23(32,25(26,27)28)18-7-5-17(6-8-18)22(31)30(20-9-10-20)21-11-13-24(33-2,14-12-21)19-4-3-15-29-16-19/h3-8,15-16,20-21,32H,9-14H2,1-2H3/t21?,23-,24?/m0/s1. The third kappa shape index (κ3) is 4.51. The number of ether oxygens (including phenoxy) is 1. The van der Waals surface area contributed by atoms with E-state index in [1.165, 1.54) is 24.3 Å². The summed E-state index contributed by atoms with van der Waals surface area (Å²) in [5, 5.41) is 9.89. The van der Waals surface area contributed by atoms with Crippen LogP contribution in [-0.2, 0) is 15.9 Å². The SMILES string of the molecule is COC1(c2cccnc2)CCC(N(C(=O)c2ccc([C@](C)(O)C(F)(F)F)cc2)C2CC2)CC1. The van der Waals surface area contributed by atoms with E-state index in [0.29, 0.717) is 12.5 Å². The second-order valence-corrected chi connectivity index (χ2v) is 9.26. The van der Waals surface area contributed by atoms with Crippen molar-refractivity contribution in [3.63, 3.8) is 0 Å². The Morgan fingerprint density at radius 3 is 2.18 bits per heavy atom. The molecule has 5 nitrogen and oxygen atoms in total. The average Bonchev–Trinajstić information content (AvgIpc) is 3.65. The fourth-order valence-corrected chi connectivity index (χ4v) is 4.82. The first-order valence-corrected chi connectivity index (χ1v) is 11.3. The molecule has 2 saturated carbocycles. The molecule has 2 aliphatic carbocycles. The minimum atomic E-state index is -4.80. The minimum absolute atomic E-state index is 0.0444. The van der Waals surface area contributed by atoms with Gasteiger partial charge in [-0.15, -0.1) is 0 Å². The number of carbonyl (C=O) groups is 1.